The zero-order valence-corrected chi connectivity index (χ0v) is 9.36. The van der Waals surface area contributed by atoms with E-state index in [0.717, 1.165) is 6.07 Å². The highest BCUT2D eigenvalue weighted by Gasteiger charge is 2.32. The van der Waals surface area contributed by atoms with Crippen molar-refractivity contribution in [2.24, 2.45) is 0 Å². The molecule has 18 heavy (non-hydrogen) atoms. The van der Waals surface area contributed by atoms with Crippen LogP contribution in [0.25, 0.3) is 11.3 Å². The molecule has 0 unspecified atom stereocenters. The van der Waals surface area contributed by atoms with E-state index in [1.807, 2.05) is 0 Å². The highest BCUT2D eigenvalue weighted by molar-refractivity contribution is 5.71. The number of phenols is 1. The summed E-state index contributed by atoms with van der Waals surface area (Å²) < 4.78 is 37.6. The second-order valence-corrected chi connectivity index (χ2v) is 3.79. The van der Waals surface area contributed by atoms with Crippen molar-refractivity contribution in [3.63, 3.8) is 0 Å². The molecule has 1 N–H and O–H groups in total. The molecule has 2 aromatic rings. The Balaban J connectivity index is 2.59. The SMILES string of the molecule is Cc1cc(C(F)(F)F)cc(O)c1-c1cccnn1. The largest absolute Gasteiger partial charge is 0.507 e. The number of hydrogen-bond donors (Lipinski definition) is 1. The maximum atomic E-state index is 12.5. The van der Waals surface area contributed by atoms with Crippen molar-refractivity contribution in [2.45, 2.75) is 13.1 Å². The molecule has 0 aliphatic heterocycles. The molecule has 0 bridgehead atoms. The van der Waals surface area contributed by atoms with E-state index in [4.69, 9.17) is 0 Å². The van der Waals surface area contributed by atoms with E-state index in [2.05, 4.69) is 10.2 Å². The average Bonchev–Trinajstić information content (AvgIpc) is 2.28. The molecular weight excluding hydrogens is 245 g/mol. The fourth-order valence-corrected chi connectivity index (χ4v) is 1.70. The van der Waals surface area contributed by atoms with E-state index in [9.17, 15) is 18.3 Å². The molecule has 0 saturated carbocycles. The van der Waals surface area contributed by atoms with Crippen LogP contribution in [-0.4, -0.2) is 15.3 Å². The smallest absolute Gasteiger partial charge is 0.416 e. The zero-order valence-electron chi connectivity index (χ0n) is 9.36. The molecule has 1 heterocycles. The van der Waals surface area contributed by atoms with Gasteiger partial charge < -0.3 is 5.11 Å². The Kier molecular flexibility index (Phi) is 2.94. The zero-order chi connectivity index (χ0) is 13.3. The summed E-state index contributed by atoms with van der Waals surface area (Å²) in [5.74, 6) is -0.456. The minimum absolute atomic E-state index is 0.260. The lowest BCUT2D eigenvalue weighted by Crippen LogP contribution is -2.05. The number of rotatable bonds is 1. The van der Waals surface area contributed by atoms with Crippen molar-refractivity contribution in [3.05, 3.63) is 41.6 Å². The number of aromatic hydroxyl groups is 1. The van der Waals surface area contributed by atoms with E-state index in [-0.39, 0.29) is 5.56 Å². The predicted molar refractivity (Wildman–Crippen MR) is 58.9 cm³/mol. The lowest BCUT2D eigenvalue weighted by molar-refractivity contribution is -0.137. The lowest BCUT2D eigenvalue weighted by atomic mass is 10.0. The van der Waals surface area contributed by atoms with Crippen LogP contribution in [0.5, 0.6) is 5.75 Å². The first-order chi connectivity index (χ1) is 8.39. The van der Waals surface area contributed by atoms with Gasteiger partial charge in [-0.1, -0.05) is 0 Å². The molecule has 0 aliphatic rings. The second kappa shape index (κ2) is 4.29. The van der Waals surface area contributed by atoms with Gasteiger partial charge in [-0.3, -0.25) is 0 Å². The summed E-state index contributed by atoms with van der Waals surface area (Å²) >= 11 is 0. The van der Waals surface area contributed by atoms with Gasteiger partial charge in [-0.05, 0) is 36.8 Å². The van der Waals surface area contributed by atoms with Crippen LogP contribution in [0.1, 0.15) is 11.1 Å². The van der Waals surface area contributed by atoms with Crippen molar-refractivity contribution in [3.8, 4) is 17.0 Å². The molecule has 1 aromatic carbocycles. The molecule has 3 nitrogen and oxygen atoms in total. The number of aryl methyl sites for hydroxylation is 1. The van der Waals surface area contributed by atoms with Gasteiger partial charge in [0.1, 0.15) is 5.75 Å². The topological polar surface area (TPSA) is 46.0 Å². The highest BCUT2D eigenvalue weighted by Crippen LogP contribution is 2.38. The summed E-state index contributed by atoms with van der Waals surface area (Å²) in [6.45, 7) is 1.49. The van der Waals surface area contributed by atoms with Gasteiger partial charge in [0.25, 0.3) is 0 Å². The first kappa shape index (κ1) is 12.3. The van der Waals surface area contributed by atoms with Gasteiger partial charge in [0, 0.05) is 11.8 Å². The summed E-state index contributed by atoms with van der Waals surface area (Å²) in [5.41, 5.74) is 0.00490. The van der Waals surface area contributed by atoms with Crippen LogP contribution >= 0.6 is 0 Å². The molecule has 0 fully saturated rings. The molecule has 0 saturated heterocycles. The molecule has 0 atom stereocenters. The Bertz CT molecular complexity index is 544. The Morgan fingerprint density at radius 1 is 1.22 bits per heavy atom. The van der Waals surface area contributed by atoms with E-state index >= 15 is 0 Å². The van der Waals surface area contributed by atoms with Crippen LogP contribution in [-0.2, 0) is 6.18 Å². The van der Waals surface area contributed by atoms with Gasteiger partial charge in [0.05, 0.1) is 11.3 Å². The molecule has 0 amide bonds. The van der Waals surface area contributed by atoms with E-state index < -0.39 is 17.5 Å². The summed E-state index contributed by atoms with van der Waals surface area (Å²) in [4.78, 5) is 0. The van der Waals surface area contributed by atoms with Crippen LogP contribution < -0.4 is 0 Å². The van der Waals surface area contributed by atoms with Gasteiger partial charge in [0.15, 0.2) is 0 Å². The third-order valence-electron chi connectivity index (χ3n) is 2.47. The molecule has 0 radical (unpaired) electrons. The van der Waals surface area contributed by atoms with Crippen molar-refractivity contribution in [1.82, 2.24) is 10.2 Å². The molecule has 1 aromatic heterocycles. The summed E-state index contributed by atoms with van der Waals surface area (Å²) in [7, 11) is 0. The number of phenolic OH excluding ortho intramolecular Hbond substituents is 1. The van der Waals surface area contributed by atoms with Gasteiger partial charge in [-0.15, -0.1) is 0 Å². The van der Waals surface area contributed by atoms with Crippen LogP contribution in [0, 0.1) is 6.92 Å². The van der Waals surface area contributed by atoms with E-state index in [1.54, 1.807) is 12.1 Å². The van der Waals surface area contributed by atoms with Crippen LogP contribution in [0.15, 0.2) is 30.5 Å². The fourth-order valence-electron chi connectivity index (χ4n) is 1.70. The van der Waals surface area contributed by atoms with Crippen molar-refractivity contribution < 1.29 is 18.3 Å². The van der Waals surface area contributed by atoms with Crippen molar-refractivity contribution in [2.75, 3.05) is 0 Å². The molecule has 0 spiro atoms. The molecule has 0 aliphatic carbocycles. The van der Waals surface area contributed by atoms with Crippen LogP contribution in [0.3, 0.4) is 0 Å². The molecule has 94 valence electrons. The van der Waals surface area contributed by atoms with Crippen LogP contribution in [0.4, 0.5) is 13.2 Å². The van der Waals surface area contributed by atoms with Gasteiger partial charge in [0.2, 0.25) is 0 Å². The van der Waals surface area contributed by atoms with Crippen LogP contribution in [0.2, 0.25) is 0 Å². The summed E-state index contributed by atoms with van der Waals surface area (Å²) in [6, 6.07) is 4.84. The first-order valence-corrected chi connectivity index (χ1v) is 5.08. The monoisotopic (exact) mass is 254 g/mol. The van der Waals surface area contributed by atoms with Crippen molar-refractivity contribution >= 4 is 0 Å². The quantitative estimate of drug-likeness (QED) is 0.850. The normalized spacial score (nSPS) is 11.6. The summed E-state index contributed by atoms with van der Waals surface area (Å²) in [5, 5.41) is 17.1. The fraction of sp³-hybridized carbons (Fsp3) is 0.167. The Hall–Kier alpha value is -2.11. The number of nitrogens with zero attached hydrogens (tertiary/aromatic N) is 2. The highest BCUT2D eigenvalue weighted by atomic mass is 19.4. The number of aromatic nitrogens is 2. The number of halogens is 3. The third kappa shape index (κ3) is 2.27. The lowest BCUT2D eigenvalue weighted by Gasteiger charge is -2.12. The Labute approximate surface area is 101 Å². The second-order valence-electron chi connectivity index (χ2n) is 3.79. The molecular formula is C12H9F3N2O. The molecule has 6 heteroatoms. The van der Waals surface area contributed by atoms with E-state index in [1.165, 1.54) is 13.1 Å². The number of alkyl halides is 3. The standard InChI is InChI=1S/C12H9F3N2O/c1-7-5-8(12(13,14)15)6-10(18)11(7)9-3-2-4-16-17-9/h2-6,18H,1H3. The minimum atomic E-state index is -4.48. The van der Waals surface area contributed by atoms with Gasteiger partial charge >= 0.3 is 6.18 Å². The third-order valence-corrected chi connectivity index (χ3v) is 2.47. The van der Waals surface area contributed by atoms with Gasteiger partial charge in [-0.25, -0.2) is 0 Å². The van der Waals surface area contributed by atoms with Crippen molar-refractivity contribution in [1.29, 1.82) is 0 Å². The first-order valence-electron chi connectivity index (χ1n) is 5.08. The van der Waals surface area contributed by atoms with E-state index in [0.29, 0.717) is 17.3 Å². The summed E-state index contributed by atoms with van der Waals surface area (Å²) in [6.07, 6.45) is -3.04. The predicted octanol–water partition coefficient (Wildman–Crippen LogP) is 3.18. The maximum Gasteiger partial charge on any atom is 0.416 e. The number of hydrogen-bond acceptors (Lipinski definition) is 3. The maximum absolute atomic E-state index is 12.5. The average molecular weight is 254 g/mol. The Morgan fingerprint density at radius 2 is 1.94 bits per heavy atom. The molecule has 2 rings (SSSR count). The minimum Gasteiger partial charge on any atom is -0.507 e. The number of benzene rings is 1. The van der Waals surface area contributed by atoms with Gasteiger partial charge in [-0.2, -0.15) is 23.4 Å². The Morgan fingerprint density at radius 3 is 2.44 bits per heavy atom.